The fourth-order valence-electron chi connectivity index (χ4n) is 1.84. The van der Waals surface area contributed by atoms with Crippen molar-refractivity contribution in [1.29, 1.82) is 0 Å². The predicted molar refractivity (Wildman–Crippen MR) is 67.3 cm³/mol. The predicted octanol–water partition coefficient (Wildman–Crippen LogP) is -0.0530. The van der Waals surface area contributed by atoms with E-state index < -0.39 is 11.8 Å². The van der Waals surface area contributed by atoms with Crippen molar-refractivity contribution in [2.75, 3.05) is 36.5 Å². The second kappa shape index (κ2) is 5.50. The minimum atomic E-state index is -0.994. The molecule has 2 amide bonds. The van der Waals surface area contributed by atoms with Crippen LogP contribution in [0.2, 0.25) is 0 Å². The number of anilines is 2. The van der Waals surface area contributed by atoms with Crippen LogP contribution in [-0.4, -0.2) is 38.1 Å². The largest absolute Gasteiger partial charge is 0.378 e. The summed E-state index contributed by atoms with van der Waals surface area (Å²) in [5.74, 6) is -1.80. The number of primary amides is 1. The average molecular weight is 249 g/mol. The highest BCUT2D eigenvalue weighted by Gasteiger charge is 2.17. The monoisotopic (exact) mass is 249 g/mol. The van der Waals surface area contributed by atoms with E-state index in [1.807, 2.05) is 12.1 Å². The van der Waals surface area contributed by atoms with Gasteiger partial charge in [0.05, 0.1) is 24.6 Å². The Morgan fingerprint density at radius 3 is 2.56 bits per heavy atom. The molecule has 1 aliphatic rings. The molecule has 0 unspecified atom stereocenters. The molecule has 1 heterocycles. The first kappa shape index (κ1) is 12.4. The molecule has 18 heavy (non-hydrogen) atoms. The summed E-state index contributed by atoms with van der Waals surface area (Å²) in [6, 6.07) is 7.30. The topological polar surface area (TPSA) is 84.7 Å². The SMILES string of the molecule is NC(=O)C(=O)Nc1ccccc1N1CCOCC1. The molecule has 0 spiro atoms. The third-order valence-electron chi connectivity index (χ3n) is 2.73. The summed E-state index contributed by atoms with van der Waals surface area (Å²) in [6.45, 7) is 2.81. The van der Waals surface area contributed by atoms with E-state index in [-0.39, 0.29) is 0 Å². The smallest absolute Gasteiger partial charge is 0.313 e. The summed E-state index contributed by atoms with van der Waals surface area (Å²) >= 11 is 0. The van der Waals surface area contributed by atoms with Gasteiger partial charge in [0, 0.05) is 13.1 Å². The maximum absolute atomic E-state index is 11.3. The van der Waals surface area contributed by atoms with Crippen LogP contribution in [0.5, 0.6) is 0 Å². The van der Waals surface area contributed by atoms with Crippen LogP contribution in [0, 0.1) is 0 Å². The van der Waals surface area contributed by atoms with E-state index in [0.717, 1.165) is 18.8 Å². The zero-order chi connectivity index (χ0) is 13.0. The standard InChI is InChI=1S/C12H15N3O3/c13-11(16)12(17)14-9-3-1-2-4-10(9)15-5-7-18-8-6-15/h1-4H,5-8H2,(H2,13,16)(H,14,17). The number of morpholine rings is 1. The number of hydrogen-bond acceptors (Lipinski definition) is 4. The van der Waals surface area contributed by atoms with E-state index in [1.165, 1.54) is 0 Å². The van der Waals surface area contributed by atoms with Crippen molar-refractivity contribution in [3.05, 3.63) is 24.3 Å². The summed E-state index contributed by atoms with van der Waals surface area (Å²) in [5, 5.41) is 2.51. The van der Waals surface area contributed by atoms with E-state index in [9.17, 15) is 9.59 Å². The molecule has 1 fully saturated rings. The van der Waals surface area contributed by atoms with Crippen molar-refractivity contribution in [3.63, 3.8) is 0 Å². The molecule has 0 radical (unpaired) electrons. The summed E-state index contributed by atoms with van der Waals surface area (Å²) in [7, 11) is 0. The van der Waals surface area contributed by atoms with Crippen molar-refractivity contribution in [2.45, 2.75) is 0 Å². The first-order chi connectivity index (χ1) is 8.68. The Morgan fingerprint density at radius 1 is 1.22 bits per heavy atom. The van der Waals surface area contributed by atoms with Gasteiger partial charge in [-0.15, -0.1) is 0 Å². The summed E-state index contributed by atoms with van der Waals surface area (Å²) in [6.07, 6.45) is 0. The van der Waals surface area contributed by atoms with Gasteiger partial charge in [0.2, 0.25) is 0 Å². The number of carbonyl (C=O) groups is 2. The molecule has 6 heteroatoms. The fourth-order valence-corrected chi connectivity index (χ4v) is 1.84. The molecule has 6 nitrogen and oxygen atoms in total. The molecule has 1 saturated heterocycles. The number of rotatable bonds is 2. The highest BCUT2D eigenvalue weighted by Crippen LogP contribution is 2.26. The maximum atomic E-state index is 11.3. The van der Waals surface area contributed by atoms with Gasteiger partial charge in [-0.25, -0.2) is 0 Å². The van der Waals surface area contributed by atoms with Crippen LogP contribution < -0.4 is 16.0 Å². The van der Waals surface area contributed by atoms with Gasteiger partial charge in [0.1, 0.15) is 0 Å². The van der Waals surface area contributed by atoms with Crippen LogP contribution in [0.3, 0.4) is 0 Å². The van der Waals surface area contributed by atoms with Gasteiger partial charge < -0.3 is 20.7 Å². The van der Waals surface area contributed by atoms with Gasteiger partial charge in [-0.2, -0.15) is 0 Å². The number of nitrogens with one attached hydrogen (secondary N) is 1. The van der Waals surface area contributed by atoms with E-state index in [0.29, 0.717) is 18.9 Å². The van der Waals surface area contributed by atoms with Gasteiger partial charge in [-0.1, -0.05) is 12.1 Å². The number of amides is 2. The van der Waals surface area contributed by atoms with Crippen molar-refractivity contribution >= 4 is 23.2 Å². The Labute approximate surface area is 105 Å². The van der Waals surface area contributed by atoms with E-state index >= 15 is 0 Å². The van der Waals surface area contributed by atoms with Crippen LogP contribution in [0.1, 0.15) is 0 Å². The number of nitrogens with two attached hydrogens (primary N) is 1. The molecule has 0 aliphatic carbocycles. The Hall–Kier alpha value is -2.08. The molecule has 3 N–H and O–H groups in total. The van der Waals surface area contributed by atoms with E-state index in [4.69, 9.17) is 10.5 Å². The second-order valence-electron chi connectivity index (χ2n) is 3.93. The molecule has 1 aromatic rings. The molecular formula is C12H15N3O3. The van der Waals surface area contributed by atoms with Crippen molar-refractivity contribution in [3.8, 4) is 0 Å². The Morgan fingerprint density at radius 2 is 1.89 bits per heavy atom. The summed E-state index contributed by atoms with van der Waals surface area (Å²) < 4.78 is 5.28. The maximum Gasteiger partial charge on any atom is 0.313 e. The van der Waals surface area contributed by atoms with Gasteiger partial charge >= 0.3 is 11.8 Å². The molecular weight excluding hydrogens is 234 g/mol. The van der Waals surface area contributed by atoms with E-state index in [1.54, 1.807) is 12.1 Å². The quantitative estimate of drug-likeness (QED) is 0.719. The van der Waals surface area contributed by atoms with Gasteiger partial charge in [-0.05, 0) is 12.1 Å². The lowest BCUT2D eigenvalue weighted by molar-refractivity contribution is -0.134. The number of ether oxygens (including phenoxy) is 1. The zero-order valence-corrected chi connectivity index (χ0v) is 9.89. The lowest BCUT2D eigenvalue weighted by Gasteiger charge is -2.30. The summed E-state index contributed by atoms with van der Waals surface area (Å²) in [4.78, 5) is 24.2. The molecule has 1 aliphatic heterocycles. The van der Waals surface area contributed by atoms with Gasteiger partial charge in [-0.3, -0.25) is 9.59 Å². The van der Waals surface area contributed by atoms with Crippen LogP contribution in [-0.2, 0) is 14.3 Å². The minimum absolute atomic E-state index is 0.586. The van der Waals surface area contributed by atoms with Crippen LogP contribution in [0.25, 0.3) is 0 Å². The zero-order valence-electron chi connectivity index (χ0n) is 9.89. The van der Waals surface area contributed by atoms with Crippen molar-refractivity contribution in [1.82, 2.24) is 0 Å². The molecule has 0 saturated carbocycles. The second-order valence-corrected chi connectivity index (χ2v) is 3.93. The summed E-state index contributed by atoms with van der Waals surface area (Å²) in [5.41, 5.74) is 6.38. The number of benzene rings is 1. The van der Waals surface area contributed by atoms with Gasteiger partial charge in [0.25, 0.3) is 0 Å². The lowest BCUT2D eigenvalue weighted by atomic mass is 10.2. The van der Waals surface area contributed by atoms with E-state index in [2.05, 4.69) is 10.2 Å². The highest BCUT2D eigenvalue weighted by molar-refractivity contribution is 6.39. The molecule has 2 rings (SSSR count). The Bertz CT molecular complexity index is 456. The molecule has 1 aromatic carbocycles. The van der Waals surface area contributed by atoms with Crippen LogP contribution in [0.4, 0.5) is 11.4 Å². The highest BCUT2D eigenvalue weighted by atomic mass is 16.5. The Kier molecular flexibility index (Phi) is 3.78. The van der Waals surface area contributed by atoms with Gasteiger partial charge in [0.15, 0.2) is 0 Å². The van der Waals surface area contributed by atoms with Crippen molar-refractivity contribution < 1.29 is 14.3 Å². The normalized spacial score (nSPS) is 15.2. The number of para-hydroxylation sites is 2. The number of hydrogen-bond donors (Lipinski definition) is 2. The third-order valence-corrected chi connectivity index (χ3v) is 2.73. The average Bonchev–Trinajstić information content (AvgIpc) is 2.40. The molecule has 0 aromatic heterocycles. The number of nitrogens with zero attached hydrogens (tertiary/aromatic N) is 1. The van der Waals surface area contributed by atoms with Crippen molar-refractivity contribution in [2.24, 2.45) is 5.73 Å². The minimum Gasteiger partial charge on any atom is -0.378 e. The third kappa shape index (κ3) is 2.78. The Balaban J connectivity index is 2.19. The molecule has 96 valence electrons. The number of carbonyl (C=O) groups excluding carboxylic acids is 2. The van der Waals surface area contributed by atoms with Crippen LogP contribution >= 0.6 is 0 Å². The fraction of sp³-hybridized carbons (Fsp3) is 0.333. The first-order valence-electron chi connectivity index (χ1n) is 5.71. The molecule has 0 atom stereocenters. The first-order valence-corrected chi connectivity index (χ1v) is 5.71. The van der Waals surface area contributed by atoms with Crippen LogP contribution in [0.15, 0.2) is 24.3 Å². The lowest BCUT2D eigenvalue weighted by Crippen LogP contribution is -2.37. The molecule has 0 bridgehead atoms.